The summed E-state index contributed by atoms with van der Waals surface area (Å²) in [6, 6.07) is 9.19. The topological polar surface area (TPSA) is 79.5 Å². The number of amides is 1. The highest BCUT2D eigenvalue weighted by atomic mass is 16.4. The molecule has 0 aliphatic rings. The maximum atomic E-state index is 11.9. The predicted molar refractivity (Wildman–Crippen MR) is 67.7 cm³/mol. The molecule has 1 aromatic heterocycles. The molecule has 0 unspecified atom stereocenters. The lowest BCUT2D eigenvalue weighted by Crippen LogP contribution is -2.42. The fourth-order valence-corrected chi connectivity index (χ4v) is 1.68. The van der Waals surface area contributed by atoms with E-state index in [1.165, 1.54) is 12.5 Å². The summed E-state index contributed by atoms with van der Waals surface area (Å²) in [4.78, 5) is 23.0. The van der Waals surface area contributed by atoms with Gasteiger partial charge in [-0.05, 0) is 23.8 Å². The van der Waals surface area contributed by atoms with E-state index in [0.717, 1.165) is 5.56 Å². The first-order valence-electron chi connectivity index (χ1n) is 5.76. The summed E-state index contributed by atoms with van der Waals surface area (Å²) in [7, 11) is 0. The van der Waals surface area contributed by atoms with Crippen LogP contribution >= 0.6 is 0 Å². The van der Waals surface area contributed by atoms with Crippen molar-refractivity contribution in [2.24, 2.45) is 0 Å². The SMILES string of the molecule is O=C(N[C@@H](Cc1ccoc1)C(=O)O)c1ccccc1. The van der Waals surface area contributed by atoms with Crippen LogP contribution in [0, 0.1) is 0 Å². The molecule has 98 valence electrons. The molecule has 0 spiro atoms. The molecule has 1 heterocycles. The molecule has 2 rings (SSSR count). The fourth-order valence-electron chi connectivity index (χ4n) is 1.68. The number of benzene rings is 1. The highest BCUT2D eigenvalue weighted by molar-refractivity contribution is 5.96. The van der Waals surface area contributed by atoms with E-state index >= 15 is 0 Å². The maximum absolute atomic E-state index is 11.9. The van der Waals surface area contributed by atoms with E-state index in [1.54, 1.807) is 36.4 Å². The van der Waals surface area contributed by atoms with Gasteiger partial charge in [-0.25, -0.2) is 4.79 Å². The molecule has 5 heteroatoms. The molecular weight excluding hydrogens is 246 g/mol. The third-order valence-electron chi connectivity index (χ3n) is 2.66. The lowest BCUT2D eigenvalue weighted by Gasteiger charge is -2.13. The van der Waals surface area contributed by atoms with Crippen molar-refractivity contribution in [2.45, 2.75) is 12.5 Å². The summed E-state index contributed by atoms with van der Waals surface area (Å²) >= 11 is 0. The molecule has 0 radical (unpaired) electrons. The van der Waals surface area contributed by atoms with Gasteiger partial charge >= 0.3 is 5.97 Å². The molecule has 1 aromatic carbocycles. The van der Waals surface area contributed by atoms with E-state index in [9.17, 15) is 9.59 Å². The van der Waals surface area contributed by atoms with Crippen molar-refractivity contribution in [2.75, 3.05) is 0 Å². The van der Waals surface area contributed by atoms with E-state index in [0.29, 0.717) is 5.56 Å². The molecular formula is C14H13NO4. The lowest BCUT2D eigenvalue weighted by atomic mass is 10.1. The van der Waals surface area contributed by atoms with Gasteiger partial charge in [-0.3, -0.25) is 4.79 Å². The van der Waals surface area contributed by atoms with E-state index in [1.807, 2.05) is 0 Å². The van der Waals surface area contributed by atoms with Crippen molar-refractivity contribution in [1.82, 2.24) is 5.32 Å². The number of furan rings is 1. The number of carboxylic acids is 1. The zero-order chi connectivity index (χ0) is 13.7. The van der Waals surface area contributed by atoms with Crippen LogP contribution in [0.5, 0.6) is 0 Å². The standard InChI is InChI=1S/C14H13NO4/c16-13(11-4-2-1-3-5-11)15-12(14(17)18)8-10-6-7-19-9-10/h1-7,9,12H,8H2,(H,15,16)(H,17,18)/t12-/m0/s1. The van der Waals surface area contributed by atoms with E-state index in [-0.39, 0.29) is 6.42 Å². The molecule has 5 nitrogen and oxygen atoms in total. The van der Waals surface area contributed by atoms with Crippen molar-refractivity contribution < 1.29 is 19.1 Å². The third kappa shape index (κ3) is 3.45. The van der Waals surface area contributed by atoms with Crippen LogP contribution < -0.4 is 5.32 Å². The highest BCUT2D eigenvalue weighted by Gasteiger charge is 2.21. The molecule has 0 saturated carbocycles. The Kier molecular flexibility index (Phi) is 3.97. The van der Waals surface area contributed by atoms with Crippen LogP contribution in [-0.4, -0.2) is 23.0 Å². The maximum Gasteiger partial charge on any atom is 0.326 e. The zero-order valence-corrected chi connectivity index (χ0v) is 10.1. The molecule has 1 amide bonds. The quantitative estimate of drug-likeness (QED) is 0.856. The van der Waals surface area contributed by atoms with E-state index < -0.39 is 17.9 Å². The van der Waals surface area contributed by atoms with Crippen LogP contribution in [0.4, 0.5) is 0 Å². The zero-order valence-electron chi connectivity index (χ0n) is 10.1. The smallest absolute Gasteiger partial charge is 0.326 e. The first-order valence-corrected chi connectivity index (χ1v) is 5.76. The Morgan fingerprint density at radius 1 is 1.21 bits per heavy atom. The van der Waals surface area contributed by atoms with Crippen molar-refractivity contribution in [1.29, 1.82) is 0 Å². The summed E-state index contributed by atoms with van der Waals surface area (Å²) in [5.74, 6) is -1.48. The van der Waals surface area contributed by atoms with Crippen molar-refractivity contribution in [3.63, 3.8) is 0 Å². The molecule has 0 fully saturated rings. The van der Waals surface area contributed by atoms with Crippen LogP contribution in [-0.2, 0) is 11.2 Å². The Labute approximate surface area is 109 Å². The average molecular weight is 259 g/mol. The first kappa shape index (κ1) is 12.9. The third-order valence-corrected chi connectivity index (χ3v) is 2.66. The molecule has 0 aliphatic carbocycles. The van der Waals surface area contributed by atoms with Gasteiger partial charge in [0.2, 0.25) is 0 Å². The monoisotopic (exact) mass is 259 g/mol. The molecule has 0 saturated heterocycles. The Balaban J connectivity index is 2.05. The second kappa shape index (κ2) is 5.86. The Morgan fingerprint density at radius 2 is 1.95 bits per heavy atom. The van der Waals surface area contributed by atoms with Crippen molar-refractivity contribution in [3.05, 3.63) is 60.1 Å². The van der Waals surface area contributed by atoms with Crippen molar-refractivity contribution in [3.8, 4) is 0 Å². The van der Waals surface area contributed by atoms with Gasteiger partial charge in [0.05, 0.1) is 12.5 Å². The number of aliphatic carboxylic acids is 1. The minimum absolute atomic E-state index is 0.185. The van der Waals surface area contributed by atoms with Gasteiger partial charge in [0, 0.05) is 12.0 Å². The molecule has 2 N–H and O–H groups in total. The summed E-state index contributed by atoms with van der Waals surface area (Å²) in [6.07, 6.45) is 3.11. The van der Waals surface area contributed by atoms with Crippen LogP contribution in [0.3, 0.4) is 0 Å². The van der Waals surface area contributed by atoms with E-state index in [2.05, 4.69) is 5.32 Å². The fraction of sp³-hybridized carbons (Fsp3) is 0.143. The summed E-state index contributed by atoms with van der Waals surface area (Å²) in [5.41, 5.74) is 1.15. The average Bonchev–Trinajstić information content (AvgIpc) is 2.91. The number of hydrogen-bond acceptors (Lipinski definition) is 3. The van der Waals surface area contributed by atoms with Gasteiger partial charge in [0.1, 0.15) is 6.04 Å². The molecule has 0 bridgehead atoms. The number of carboxylic acid groups (broad SMARTS) is 1. The van der Waals surface area contributed by atoms with Gasteiger partial charge in [0.25, 0.3) is 5.91 Å². The highest BCUT2D eigenvalue weighted by Crippen LogP contribution is 2.06. The van der Waals surface area contributed by atoms with Gasteiger partial charge in [-0.15, -0.1) is 0 Å². The Morgan fingerprint density at radius 3 is 2.53 bits per heavy atom. The normalized spacial score (nSPS) is 11.8. The minimum Gasteiger partial charge on any atom is -0.480 e. The van der Waals surface area contributed by atoms with Gasteiger partial charge in [-0.1, -0.05) is 18.2 Å². The lowest BCUT2D eigenvalue weighted by molar-refractivity contribution is -0.139. The van der Waals surface area contributed by atoms with Crippen LogP contribution in [0.15, 0.2) is 53.3 Å². The molecule has 1 atom stereocenters. The first-order chi connectivity index (χ1) is 9.16. The van der Waals surface area contributed by atoms with Crippen LogP contribution in [0.1, 0.15) is 15.9 Å². The van der Waals surface area contributed by atoms with Crippen molar-refractivity contribution >= 4 is 11.9 Å². The number of carbonyl (C=O) groups excluding carboxylic acids is 1. The second-order valence-electron chi connectivity index (χ2n) is 4.07. The Hall–Kier alpha value is -2.56. The summed E-state index contributed by atoms with van der Waals surface area (Å²) in [5, 5.41) is 11.6. The number of nitrogens with one attached hydrogen (secondary N) is 1. The largest absolute Gasteiger partial charge is 0.480 e. The van der Waals surface area contributed by atoms with Crippen LogP contribution in [0.25, 0.3) is 0 Å². The minimum atomic E-state index is -1.08. The number of hydrogen-bond donors (Lipinski definition) is 2. The number of rotatable bonds is 5. The van der Waals surface area contributed by atoms with Crippen LogP contribution in [0.2, 0.25) is 0 Å². The summed E-state index contributed by atoms with van der Waals surface area (Å²) < 4.78 is 4.88. The molecule has 19 heavy (non-hydrogen) atoms. The number of carbonyl (C=O) groups is 2. The predicted octanol–water partition coefficient (Wildman–Crippen LogP) is 1.71. The summed E-state index contributed by atoms with van der Waals surface area (Å²) in [6.45, 7) is 0. The molecule has 0 aliphatic heterocycles. The van der Waals surface area contributed by atoms with Gasteiger partial charge in [-0.2, -0.15) is 0 Å². The molecule has 2 aromatic rings. The second-order valence-corrected chi connectivity index (χ2v) is 4.07. The Bertz CT molecular complexity index is 548. The van der Waals surface area contributed by atoms with E-state index in [4.69, 9.17) is 9.52 Å². The van der Waals surface area contributed by atoms with Gasteiger partial charge < -0.3 is 14.8 Å². The van der Waals surface area contributed by atoms with Gasteiger partial charge in [0.15, 0.2) is 0 Å².